The maximum Gasteiger partial charge on any atom is 0.119 e. The molecule has 0 unspecified atom stereocenters. The van der Waals surface area contributed by atoms with E-state index >= 15 is 0 Å². The summed E-state index contributed by atoms with van der Waals surface area (Å²) in [5.74, 6) is 0.798. The molecule has 4 nitrogen and oxygen atoms in total. The molecule has 1 rings (SSSR count). The molecule has 0 aliphatic carbocycles. The smallest absolute Gasteiger partial charge is 0.119 e. The number of hydrogen-bond donors (Lipinski definition) is 0. The number of likely N-dealkylation sites (N-methyl/N-ethyl adjacent to an activating group) is 1. The fourth-order valence-corrected chi connectivity index (χ4v) is 1.42. The number of hydrogen-bond acceptors (Lipinski definition) is 4. The summed E-state index contributed by atoms with van der Waals surface area (Å²) in [6, 6.07) is 9.23. The minimum absolute atomic E-state index is 0.633. The Labute approximate surface area is 109 Å². The van der Waals surface area contributed by atoms with E-state index in [-0.39, 0.29) is 0 Å². The molecule has 0 bridgehead atoms. The maximum atomic E-state index is 8.67. The van der Waals surface area contributed by atoms with Gasteiger partial charge in [0.05, 0.1) is 18.2 Å². The quantitative estimate of drug-likeness (QED) is 0.659. The first kappa shape index (κ1) is 14.5. The number of nitrogens with zero attached hydrogens (tertiary/aromatic N) is 2. The number of rotatable bonds is 8. The van der Waals surface area contributed by atoms with E-state index in [1.807, 2.05) is 26.1 Å². The summed E-state index contributed by atoms with van der Waals surface area (Å²) < 4.78 is 10.9. The Bertz CT molecular complexity index is 370. The van der Waals surface area contributed by atoms with Crippen LogP contribution in [0.15, 0.2) is 24.3 Å². The van der Waals surface area contributed by atoms with E-state index in [1.165, 1.54) is 0 Å². The summed E-state index contributed by atoms with van der Waals surface area (Å²) >= 11 is 0. The van der Waals surface area contributed by atoms with Crippen molar-refractivity contribution in [3.8, 4) is 11.8 Å². The van der Waals surface area contributed by atoms with E-state index in [4.69, 9.17) is 14.7 Å². The standard InChI is InChI=1S/C14H20N2O2/c1-3-17-10-8-16(2)9-11-18-14-6-4-13(12-15)5-7-14/h4-7H,3,8-11H2,1-2H3. The molecular weight excluding hydrogens is 228 g/mol. The largest absolute Gasteiger partial charge is 0.492 e. The monoisotopic (exact) mass is 248 g/mol. The van der Waals surface area contributed by atoms with Crippen LogP contribution in [0, 0.1) is 11.3 Å². The first-order chi connectivity index (χ1) is 8.76. The molecule has 0 saturated heterocycles. The highest BCUT2D eigenvalue weighted by atomic mass is 16.5. The second kappa shape index (κ2) is 8.51. The van der Waals surface area contributed by atoms with Gasteiger partial charge < -0.3 is 14.4 Å². The van der Waals surface area contributed by atoms with E-state index in [9.17, 15) is 0 Å². The Morgan fingerprint density at radius 3 is 2.44 bits per heavy atom. The van der Waals surface area contributed by atoms with Gasteiger partial charge in [-0.05, 0) is 38.2 Å². The van der Waals surface area contributed by atoms with Crippen LogP contribution in [0.1, 0.15) is 12.5 Å². The second-order valence-electron chi connectivity index (χ2n) is 3.98. The highest BCUT2D eigenvalue weighted by Crippen LogP contribution is 2.11. The van der Waals surface area contributed by atoms with Crippen molar-refractivity contribution in [1.29, 1.82) is 5.26 Å². The van der Waals surface area contributed by atoms with Gasteiger partial charge >= 0.3 is 0 Å². The summed E-state index contributed by atoms with van der Waals surface area (Å²) in [6.45, 7) is 5.90. The number of benzene rings is 1. The van der Waals surface area contributed by atoms with Crippen molar-refractivity contribution in [2.75, 3.05) is 40.0 Å². The molecule has 0 amide bonds. The molecule has 0 atom stereocenters. The highest BCUT2D eigenvalue weighted by Gasteiger charge is 1.99. The topological polar surface area (TPSA) is 45.5 Å². The van der Waals surface area contributed by atoms with E-state index in [2.05, 4.69) is 11.0 Å². The average Bonchev–Trinajstić information content (AvgIpc) is 2.40. The molecule has 0 N–H and O–H groups in total. The molecule has 98 valence electrons. The van der Waals surface area contributed by atoms with Gasteiger partial charge in [0, 0.05) is 19.7 Å². The predicted octanol–water partition coefficient (Wildman–Crippen LogP) is 1.91. The van der Waals surface area contributed by atoms with Gasteiger partial charge in [-0.1, -0.05) is 0 Å². The minimum Gasteiger partial charge on any atom is -0.492 e. The highest BCUT2D eigenvalue weighted by molar-refractivity contribution is 5.34. The van der Waals surface area contributed by atoms with Gasteiger partial charge in [-0.15, -0.1) is 0 Å². The zero-order chi connectivity index (χ0) is 13.2. The lowest BCUT2D eigenvalue weighted by Crippen LogP contribution is -2.27. The Kier molecular flexibility index (Phi) is 6.85. The molecule has 0 aliphatic rings. The van der Waals surface area contributed by atoms with Gasteiger partial charge in [0.2, 0.25) is 0 Å². The van der Waals surface area contributed by atoms with Crippen LogP contribution < -0.4 is 4.74 Å². The molecule has 0 spiro atoms. The summed E-state index contributed by atoms with van der Waals surface area (Å²) in [6.07, 6.45) is 0. The zero-order valence-electron chi connectivity index (χ0n) is 11.1. The third-order valence-corrected chi connectivity index (χ3v) is 2.55. The molecule has 0 fully saturated rings. The van der Waals surface area contributed by atoms with E-state index in [0.717, 1.165) is 32.1 Å². The average molecular weight is 248 g/mol. The molecule has 0 saturated carbocycles. The normalized spacial score (nSPS) is 10.3. The van der Waals surface area contributed by atoms with E-state index in [1.54, 1.807) is 12.1 Å². The van der Waals surface area contributed by atoms with Crippen LogP contribution >= 0.6 is 0 Å². The molecule has 0 heterocycles. The van der Waals surface area contributed by atoms with Crippen LogP contribution in [0.2, 0.25) is 0 Å². The van der Waals surface area contributed by atoms with Crippen molar-refractivity contribution in [3.05, 3.63) is 29.8 Å². The number of nitriles is 1. The first-order valence-corrected chi connectivity index (χ1v) is 6.15. The van der Waals surface area contributed by atoms with Crippen molar-refractivity contribution in [2.45, 2.75) is 6.92 Å². The van der Waals surface area contributed by atoms with Gasteiger partial charge in [0.25, 0.3) is 0 Å². The maximum absolute atomic E-state index is 8.67. The van der Waals surface area contributed by atoms with Crippen molar-refractivity contribution in [2.24, 2.45) is 0 Å². The lowest BCUT2D eigenvalue weighted by Gasteiger charge is -2.16. The number of ether oxygens (including phenoxy) is 2. The Balaban J connectivity index is 2.18. The van der Waals surface area contributed by atoms with Crippen molar-refractivity contribution in [1.82, 2.24) is 4.90 Å². The zero-order valence-corrected chi connectivity index (χ0v) is 11.1. The fourth-order valence-electron chi connectivity index (χ4n) is 1.42. The van der Waals surface area contributed by atoms with Crippen LogP contribution in [0.4, 0.5) is 0 Å². The van der Waals surface area contributed by atoms with Crippen LogP contribution in [0.25, 0.3) is 0 Å². The van der Waals surface area contributed by atoms with Gasteiger partial charge in [0.1, 0.15) is 12.4 Å². The summed E-state index contributed by atoms with van der Waals surface area (Å²) in [4.78, 5) is 2.17. The van der Waals surface area contributed by atoms with Crippen LogP contribution in [-0.2, 0) is 4.74 Å². The summed E-state index contributed by atoms with van der Waals surface area (Å²) in [5.41, 5.74) is 0.649. The minimum atomic E-state index is 0.633. The van der Waals surface area contributed by atoms with Gasteiger partial charge in [-0.25, -0.2) is 0 Å². The molecule has 4 heteroatoms. The van der Waals surface area contributed by atoms with E-state index in [0.29, 0.717) is 12.2 Å². The van der Waals surface area contributed by atoms with Crippen molar-refractivity contribution < 1.29 is 9.47 Å². The Morgan fingerprint density at radius 1 is 1.17 bits per heavy atom. The molecule has 0 radical (unpaired) electrons. The van der Waals surface area contributed by atoms with Gasteiger partial charge in [0.15, 0.2) is 0 Å². The molecule has 0 aromatic heterocycles. The fraction of sp³-hybridized carbons (Fsp3) is 0.500. The predicted molar refractivity (Wildman–Crippen MR) is 70.6 cm³/mol. The molecule has 18 heavy (non-hydrogen) atoms. The van der Waals surface area contributed by atoms with Gasteiger partial charge in [-0.3, -0.25) is 0 Å². The molecule has 1 aromatic carbocycles. The molecular formula is C14H20N2O2. The Morgan fingerprint density at radius 2 is 1.83 bits per heavy atom. The van der Waals surface area contributed by atoms with Crippen LogP contribution in [0.3, 0.4) is 0 Å². The molecule has 1 aromatic rings. The van der Waals surface area contributed by atoms with Crippen molar-refractivity contribution in [3.63, 3.8) is 0 Å². The van der Waals surface area contributed by atoms with Crippen molar-refractivity contribution >= 4 is 0 Å². The van der Waals surface area contributed by atoms with E-state index < -0.39 is 0 Å². The lowest BCUT2D eigenvalue weighted by atomic mass is 10.2. The summed E-state index contributed by atoms with van der Waals surface area (Å²) in [7, 11) is 2.04. The Hall–Kier alpha value is -1.57. The first-order valence-electron chi connectivity index (χ1n) is 6.15. The third-order valence-electron chi connectivity index (χ3n) is 2.55. The third kappa shape index (κ3) is 5.67. The van der Waals surface area contributed by atoms with Crippen LogP contribution in [-0.4, -0.2) is 44.9 Å². The molecule has 0 aliphatic heterocycles. The summed E-state index contributed by atoms with van der Waals surface area (Å²) in [5, 5.41) is 8.67. The second-order valence-corrected chi connectivity index (χ2v) is 3.98. The SMILES string of the molecule is CCOCCN(C)CCOc1ccc(C#N)cc1. The van der Waals surface area contributed by atoms with Crippen LogP contribution in [0.5, 0.6) is 5.75 Å². The lowest BCUT2D eigenvalue weighted by molar-refractivity contribution is 0.116. The van der Waals surface area contributed by atoms with Gasteiger partial charge in [-0.2, -0.15) is 5.26 Å².